The third-order valence-corrected chi connectivity index (χ3v) is 5.70. The lowest BCUT2D eigenvalue weighted by atomic mass is 10.1. The lowest BCUT2D eigenvalue weighted by Gasteiger charge is -2.16. The number of thioether (sulfide) groups is 1. The van der Waals surface area contributed by atoms with Crippen LogP contribution in [0.1, 0.15) is 34.5 Å². The van der Waals surface area contributed by atoms with Crippen LogP contribution in [0, 0.1) is 0 Å². The second kappa shape index (κ2) is 10.0. The first kappa shape index (κ1) is 20.8. The van der Waals surface area contributed by atoms with Crippen LogP contribution in [0.4, 0.5) is 0 Å². The van der Waals surface area contributed by atoms with Crippen molar-refractivity contribution >= 4 is 17.7 Å². The van der Waals surface area contributed by atoms with Crippen LogP contribution in [-0.2, 0) is 5.75 Å². The van der Waals surface area contributed by atoms with E-state index in [2.05, 4.69) is 17.4 Å². The van der Waals surface area contributed by atoms with E-state index in [1.165, 1.54) is 10.5 Å². The predicted octanol–water partition coefficient (Wildman–Crippen LogP) is 5.49. The smallest absolute Gasteiger partial charge is 0.251 e. The Bertz CT molecular complexity index is 942. The monoisotopic (exact) mass is 407 g/mol. The molecule has 1 N–H and O–H groups in total. The van der Waals surface area contributed by atoms with Crippen molar-refractivity contribution in [3.63, 3.8) is 0 Å². The van der Waals surface area contributed by atoms with E-state index in [9.17, 15) is 4.79 Å². The van der Waals surface area contributed by atoms with Gasteiger partial charge in [-0.05, 0) is 54.4 Å². The minimum absolute atomic E-state index is 0.102. The Labute approximate surface area is 176 Å². The number of nitrogens with one attached hydrogen (secondary N) is 1. The molecule has 0 radical (unpaired) electrons. The molecule has 150 valence electrons. The second-order valence-corrected chi connectivity index (χ2v) is 7.66. The van der Waals surface area contributed by atoms with Gasteiger partial charge in [0, 0.05) is 16.2 Å². The zero-order chi connectivity index (χ0) is 20.6. The van der Waals surface area contributed by atoms with Gasteiger partial charge in [0.2, 0.25) is 0 Å². The highest BCUT2D eigenvalue weighted by atomic mass is 32.2. The molecule has 0 aromatic heterocycles. The maximum Gasteiger partial charge on any atom is 0.251 e. The molecule has 5 heteroatoms. The highest BCUT2D eigenvalue weighted by Gasteiger charge is 2.14. The van der Waals surface area contributed by atoms with Crippen molar-refractivity contribution < 1.29 is 14.3 Å². The quantitative estimate of drug-likeness (QED) is 0.502. The molecule has 0 saturated heterocycles. The van der Waals surface area contributed by atoms with Crippen molar-refractivity contribution in [1.82, 2.24) is 5.32 Å². The standard InChI is InChI=1S/C24H25NO3S/c1-17(20-13-14-22(27-2)23(15-20)28-3)25-24(26)19-11-9-18(10-12-19)16-29-21-7-5-4-6-8-21/h4-15,17H,16H2,1-3H3,(H,25,26)/t17-/m1/s1. The van der Waals surface area contributed by atoms with Gasteiger partial charge in [-0.3, -0.25) is 4.79 Å². The Hall–Kier alpha value is -2.92. The molecular weight excluding hydrogens is 382 g/mol. The number of rotatable bonds is 8. The summed E-state index contributed by atoms with van der Waals surface area (Å²) in [5.41, 5.74) is 2.78. The number of carbonyl (C=O) groups is 1. The number of hydrogen-bond acceptors (Lipinski definition) is 4. The van der Waals surface area contributed by atoms with E-state index in [4.69, 9.17) is 9.47 Å². The van der Waals surface area contributed by atoms with Crippen LogP contribution in [-0.4, -0.2) is 20.1 Å². The molecule has 29 heavy (non-hydrogen) atoms. The Morgan fingerprint density at radius 2 is 1.62 bits per heavy atom. The summed E-state index contributed by atoms with van der Waals surface area (Å²) < 4.78 is 10.6. The summed E-state index contributed by atoms with van der Waals surface area (Å²) in [5.74, 6) is 2.08. The molecule has 0 heterocycles. The molecule has 0 aliphatic carbocycles. The Morgan fingerprint density at radius 3 is 2.28 bits per heavy atom. The SMILES string of the molecule is COc1ccc([C@@H](C)NC(=O)c2ccc(CSc3ccccc3)cc2)cc1OC. The number of amides is 1. The first-order valence-corrected chi connectivity index (χ1v) is 10.4. The van der Waals surface area contributed by atoms with Crippen molar-refractivity contribution in [3.8, 4) is 11.5 Å². The molecule has 0 aliphatic rings. The Morgan fingerprint density at radius 1 is 0.931 bits per heavy atom. The van der Waals surface area contributed by atoms with E-state index < -0.39 is 0 Å². The average Bonchev–Trinajstić information content (AvgIpc) is 2.78. The molecule has 0 saturated carbocycles. The summed E-state index contributed by atoms with van der Waals surface area (Å²) in [6.45, 7) is 1.95. The van der Waals surface area contributed by atoms with Crippen molar-refractivity contribution in [2.45, 2.75) is 23.6 Å². The van der Waals surface area contributed by atoms with E-state index in [0.717, 1.165) is 11.3 Å². The molecule has 3 rings (SSSR count). The fourth-order valence-corrected chi connectivity index (χ4v) is 3.80. The summed E-state index contributed by atoms with van der Waals surface area (Å²) in [6, 6.07) is 23.5. The maximum absolute atomic E-state index is 12.6. The number of ether oxygens (including phenoxy) is 2. The molecule has 4 nitrogen and oxygen atoms in total. The summed E-state index contributed by atoms with van der Waals surface area (Å²) >= 11 is 1.78. The summed E-state index contributed by atoms with van der Waals surface area (Å²) in [7, 11) is 3.20. The molecule has 0 fully saturated rings. The second-order valence-electron chi connectivity index (χ2n) is 6.61. The van der Waals surface area contributed by atoms with Gasteiger partial charge in [-0.15, -0.1) is 11.8 Å². The average molecular weight is 408 g/mol. The molecule has 1 atom stereocenters. The van der Waals surface area contributed by atoms with Gasteiger partial charge in [0.25, 0.3) is 5.91 Å². The fraction of sp³-hybridized carbons (Fsp3) is 0.208. The Balaban J connectivity index is 1.60. The van der Waals surface area contributed by atoms with Crippen molar-refractivity contribution in [2.24, 2.45) is 0 Å². The maximum atomic E-state index is 12.6. The predicted molar refractivity (Wildman–Crippen MR) is 118 cm³/mol. The fourth-order valence-electron chi connectivity index (χ4n) is 2.92. The van der Waals surface area contributed by atoms with Crippen molar-refractivity contribution in [1.29, 1.82) is 0 Å². The van der Waals surface area contributed by atoms with Gasteiger partial charge < -0.3 is 14.8 Å². The first-order chi connectivity index (χ1) is 14.1. The Kier molecular flexibility index (Phi) is 7.19. The minimum Gasteiger partial charge on any atom is -0.493 e. The molecule has 3 aromatic rings. The normalized spacial score (nSPS) is 11.6. The van der Waals surface area contributed by atoms with Gasteiger partial charge in [0.1, 0.15) is 0 Å². The highest BCUT2D eigenvalue weighted by Crippen LogP contribution is 2.30. The van der Waals surface area contributed by atoms with Gasteiger partial charge in [0.15, 0.2) is 11.5 Å². The third kappa shape index (κ3) is 5.55. The molecular formula is C24H25NO3S. The van der Waals surface area contributed by atoms with E-state index in [1.807, 2.05) is 67.6 Å². The van der Waals surface area contributed by atoms with Gasteiger partial charge in [0.05, 0.1) is 20.3 Å². The van der Waals surface area contributed by atoms with Crippen LogP contribution in [0.3, 0.4) is 0 Å². The lowest BCUT2D eigenvalue weighted by Crippen LogP contribution is -2.26. The van der Waals surface area contributed by atoms with Gasteiger partial charge in [-0.2, -0.15) is 0 Å². The third-order valence-electron chi connectivity index (χ3n) is 4.62. The largest absolute Gasteiger partial charge is 0.493 e. The van der Waals surface area contributed by atoms with Gasteiger partial charge in [-0.25, -0.2) is 0 Å². The van der Waals surface area contributed by atoms with Gasteiger partial charge in [-0.1, -0.05) is 36.4 Å². The molecule has 0 spiro atoms. The zero-order valence-corrected chi connectivity index (χ0v) is 17.7. The number of benzene rings is 3. The van der Waals surface area contributed by atoms with Gasteiger partial charge >= 0.3 is 0 Å². The van der Waals surface area contributed by atoms with Crippen molar-refractivity contribution in [2.75, 3.05) is 14.2 Å². The van der Waals surface area contributed by atoms with Crippen molar-refractivity contribution in [3.05, 3.63) is 89.5 Å². The highest BCUT2D eigenvalue weighted by molar-refractivity contribution is 7.98. The first-order valence-electron chi connectivity index (χ1n) is 9.40. The van der Waals surface area contributed by atoms with E-state index in [1.54, 1.807) is 26.0 Å². The topological polar surface area (TPSA) is 47.6 Å². The summed E-state index contributed by atoms with van der Waals surface area (Å²) in [5, 5.41) is 3.04. The molecule has 0 bridgehead atoms. The lowest BCUT2D eigenvalue weighted by molar-refractivity contribution is 0.0940. The zero-order valence-electron chi connectivity index (χ0n) is 16.8. The van der Waals surface area contributed by atoms with E-state index >= 15 is 0 Å². The van der Waals surface area contributed by atoms with Crippen LogP contribution in [0.15, 0.2) is 77.7 Å². The van der Waals surface area contributed by atoms with Crippen LogP contribution >= 0.6 is 11.8 Å². The van der Waals surface area contributed by atoms with E-state index in [0.29, 0.717) is 17.1 Å². The molecule has 1 amide bonds. The summed E-state index contributed by atoms with van der Waals surface area (Å²) in [4.78, 5) is 13.9. The van der Waals surface area contributed by atoms with E-state index in [-0.39, 0.29) is 11.9 Å². The minimum atomic E-state index is -0.157. The number of carbonyl (C=O) groups excluding carboxylic acids is 1. The molecule has 3 aromatic carbocycles. The molecule has 0 unspecified atom stereocenters. The number of hydrogen-bond donors (Lipinski definition) is 1. The summed E-state index contributed by atoms with van der Waals surface area (Å²) in [6.07, 6.45) is 0. The van der Waals surface area contributed by atoms with Crippen LogP contribution in [0.25, 0.3) is 0 Å². The van der Waals surface area contributed by atoms with Crippen LogP contribution in [0.5, 0.6) is 11.5 Å². The number of methoxy groups -OCH3 is 2. The molecule has 0 aliphatic heterocycles. The van der Waals surface area contributed by atoms with Crippen LogP contribution < -0.4 is 14.8 Å². The van der Waals surface area contributed by atoms with Crippen LogP contribution in [0.2, 0.25) is 0 Å².